The number of fused-ring (bicyclic) bond motifs is 2. The molecular formula is C22H20F3N5O2. The van der Waals surface area contributed by atoms with Gasteiger partial charge in [0, 0.05) is 49.2 Å². The molecule has 1 aliphatic rings. The quantitative estimate of drug-likeness (QED) is 0.477. The fraction of sp³-hybridized carbons (Fsp3) is 0.318. The third-order valence-corrected chi connectivity index (χ3v) is 5.53. The van der Waals surface area contributed by atoms with E-state index in [-0.39, 0.29) is 22.6 Å². The summed E-state index contributed by atoms with van der Waals surface area (Å²) in [5, 5.41) is 4.01. The van der Waals surface area contributed by atoms with E-state index in [1.165, 1.54) is 23.7 Å². The van der Waals surface area contributed by atoms with Gasteiger partial charge in [-0.05, 0) is 38.1 Å². The smallest absolute Gasteiger partial charge is 0.422 e. The van der Waals surface area contributed by atoms with Gasteiger partial charge in [0.15, 0.2) is 11.3 Å². The average molecular weight is 443 g/mol. The molecular weight excluding hydrogens is 423 g/mol. The van der Waals surface area contributed by atoms with Crippen LogP contribution in [0.25, 0.3) is 27.9 Å². The molecule has 4 heterocycles. The summed E-state index contributed by atoms with van der Waals surface area (Å²) in [6, 6.07) is 7.23. The zero-order valence-electron chi connectivity index (χ0n) is 17.2. The number of aromatic nitrogens is 3. The van der Waals surface area contributed by atoms with Crippen LogP contribution in [0.5, 0.6) is 0 Å². The minimum Gasteiger partial charge on any atom is -0.422 e. The molecule has 1 saturated heterocycles. The number of hydrogen-bond donors (Lipinski definition) is 1. The summed E-state index contributed by atoms with van der Waals surface area (Å²) in [5.41, 5.74) is -0.343. The van der Waals surface area contributed by atoms with Crippen LogP contribution in [0.3, 0.4) is 0 Å². The molecule has 0 saturated carbocycles. The fourth-order valence-electron chi connectivity index (χ4n) is 4.02. The van der Waals surface area contributed by atoms with Crippen molar-refractivity contribution in [2.24, 2.45) is 0 Å². The maximum absolute atomic E-state index is 13.4. The van der Waals surface area contributed by atoms with Gasteiger partial charge >= 0.3 is 11.8 Å². The molecule has 1 N–H and O–H groups in total. The van der Waals surface area contributed by atoms with Crippen molar-refractivity contribution in [3.63, 3.8) is 0 Å². The highest BCUT2D eigenvalue weighted by molar-refractivity contribution is 5.84. The predicted molar refractivity (Wildman–Crippen MR) is 114 cm³/mol. The number of halogens is 3. The van der Waals surface area contributed by atoms with Crippen molar-refractivity contribution in [2.45, 2.75) is 19.5 Å². The third kappa shape index (κ3) is 3.70. The van der Waals surface area contributed by atoms with Gasteiger partial charge in [0.1, 0.15) is 5.58 Å². The molecule has 4 aromatic rings. The first-order valence-corrected chi connectivity index (χ1v) is 10.3. The van der Waals surface area contributed by atoms with E-state index < -0.39 is 17.5 Å². The molecule has 3 aromatic heterocycles. The summed E-state index contributed by atoms with van der Waals surface area (Å²) >= 11 is 0. The van der Waals surface area contributed by atoms with Crippen molar-refractivity contribution in [3.05, 3.63) is 58.5 Å². The molecule has 10 heteroatoms. The second-order valence-electron chi connectivity index (χ2n) is 7.85. The molecule has 0 atom stereocenters. The van der Waals surface area contributed by atoms with Gasteiger partial charge in [0.2, 0.25) is 0 Å². The Kier molecular flexibility index (Phi) is 4.89. The molecule has 5 rings (SSSR count). The highest BCUT2D eigenvalue weighted by atomic mass is 19.4. The number of nitrogens with one attached hydrogen (secondary N) is 1. The van der Waals surface area contributed by atoms with Crippen molar-refractivity contribution in [3.8, 4) is 11.3 Å². The summed E-state index contributed by atoms with van der Waals surface area (Å²) in [6.45, 7) is 5.06. The number of aryl methyl sites for hydroxylation is 1. The monoisotopic (exact) mass is 443 g/mol. The van der Waals surface area contributed by atoms with Crippen LogP contribution < -0.4 is 15.8 Å². The van der Waals surface area contributed by atoms with Crippen LogP contribution >= 0.6 is 0 Å². The maximum Gasteiger partial charge on any atom is 0.437 e. The van der Waals surface area contributed by atoms with Crippen molar-refractivity contribution in [1.82, 2.24) is 19.7 Å². The Labute approximate surface area is 180 Å². The van der Waals surface area contributed by atoms with Crippen molar-refractivity contribution < 1.29 is 17.6 Å². The lowest BCUT2D eigenvalue weighted by Gasteiger charge is -2.22. The van der Waals surface area contributed by atoms with Gasteiger partial charge in [-0.2, -0.15) is 13.2 Å². The van der Waals surface area contributed by atoms with E-state index in [9.17, 15) is 18.0 Å². The third-order valence-electron chi connectivity index (χ3n) is 5.53. The second kappa shape index (κ2) is 7.63. The van der Waals surface area contributed by atoms with Crippen LogP contribution in [0, 0.1) is 6.92 Å². The first kappa shape index (κ1) is 20.5. The second-order valence-corrected chi connectivity index (χ2v) is 7.85. The van der Waals surface area contributed by atoms with Crippen LogP contribution in [-0.2, 0) is 6.18 Å². The Morgan fingerprint density at radius 1 is 1.09 bits per heavy atom. The molecule has 1 aromatic carbocycles. The SMILES string of the molecule is Cc1cn2cc(-c3cc4ccc(N5CCCNCC5)cc4oc3=O)nc2c(C(F)(F)F)n1. The van der Waals surface area contributed by atoms with E-state index in [0.29, 0.717) is 11.0 Å². The molecule has 0 radical (unpaired) electrons. The Morgan fingerprint density at radius 2 is 1.94 bits per heavy atom. The van der Waals surface area contributed by atoms with Gasteiger partial charge in [0.05, 0.1) is 17.0 Å². The molecule has 1 fully saturated rings. The minimum absolute atomic E-state index is 0.0960. The summed E-state index contributed by atoms with van der Waals surface area (Å²) in [6.07, 6.45) is -0.825. The number of rotatable bonds is 2. The topological polar surface area (TPSA) is 75.7 Å². The molecule has 0 amide bonds. The largest absolute Gasteiger partial charge is 0.437 e. The lowest BCUT2D eigenvalue weighted by atomic mass is 10.1. The number of benzene rings is 1. The van der Waals surface area contributed by atoms with Gasteiger partial charge in [-0.1, -0.05) is 0 Å². The van der Waals surface area contributed by atoms with E-state index in [2.05, 4.69) is 20.2 Å². The Balaban J connectivity index is 1.59. The van der Waals surface area contributed by atoms with Gasteiger partial charge in [-0.3, -0.25) is 0 Å². The predicted octanol–water partition coefficient (Wildman–Crippen LogP) is 3.63. The molecule has 1 aliphatic heterocycles. The standard InChI is InChI=1S/C22H20F3N5O2/c1-13-11-30-12-17(28-20(30)19(27-13)22(23,24)25)16-9-14-3-4-15(10-18(14)32-21(16)31)29-7-2-5-26-6-8-29/h3-4,9-12,26H,2,5-8H2,1H3. The number of imidazole rings is 1. The van der Waals surface area contributed by atoms with Gasteiger partial charge in [-0.25, -0.2) is 14.8 Å². The van der Waals surface area contributed by atoms with Gasteiger partial charge < -0.3 is 19.0 Å². The van der Waals surface area contributed by atoms with Crippen LogP contribution in [-0.4, -0.2) is 40.5 Å². The molecule has 32 heavy (non-hydrogen) atoms. The summed E-state index contributed by atoms with van der Waals surface area (Å²) in [4.78, 5) is 22.6. The Bertz CT molecular complexity index is 1370. The normalized spacial score (nSPS) is 15.4. The van der Waals surface area contributed by atoms with E-state index in [0.717, 1.165) is 38.3 Å². The van der Waals surface area contributed by atoms with Crippen LogP contribution in [0.1, 0.15) is 17.8 Å². The summed E-state index contributed by atoms with van der Waals surface area (Å²) in [5.74, 6) is 0. The maximum atomic E-state index is 13.4. The molecule has 0 spiro atoms. The number of hydrogen-bond acceptors (Lipinski definition) is 6. The van der Waals surface area contributed by atoms with Crippen LogP contribution in [0.4, 0.5) is 18.9 Å². The summed E-state index contributed by atoms with van der Waals surface area (Å²) < 4.78 is 47.0. The first-order valence-electron chi connectivity index (χ1n) is 10.3. The Hall–Kier alpha value is -3.40. The first-order chi connectivity index (χ1) is 15.3. The van der Waals surface area contributed by atoms with E-state index in [1.807, 2.05) is 18.2 Å². The molecule has 166 valence electrons. The number of alkyl halides is 3. The van der Waals surface area contributed by atoms with Gasteiger partial charge in [-0.15, -0.1) is 0 Å². The van der Waals surface area contributed by atoms with Gasteiger partial charge in [0.25, 0.3) is 0 Å². The zero-order valence-corrected chi connectivity index (χ0v) is 17.2. The van der Waals surface area contributed by atoms with Crippen molar-refractivity contribution in [1.29, 1.82) is 0 Å². The van der Waals surface area contributed by atoms with E-state index in [4.69, 9.17) is 4.42 Å². The van der Waals surface area contributed by atoms with E-state index in [1.54, 1.807) is 6.07 Å². The minimum atomic E-state index is -4.66. The highest BCUT2D eigenvalue weighted by Gasteiger charge is 2.36. The highest BCUT2D eigenvalue weighted by Crippen LogP contribution is 2.32. The summed E-state index contributed by atoms with van der Waals surface area (Å²) in [7, 11) is 0. The average Bonchev–Trinajstić information content (AvgIpc) is 2.96. The molecule has 0 aliphatic carbocycles. The lowest BCUT2D eigenvalue weighted by molar-refractivity contribution is -0.140. The Morgan fingerprint density at radius 3 is 2.75 bits per heavy atom. The fourth-order valence-corrected chi connectivity index (χ4v) is 4.02. The van der Waals surface area contributed by atoms with Crippen LogP contribution in [0.2, 0.25) is 0 Å². The number of anilines is 1. The van der Waals surface area contributed by atoms with E-state index >= 15 is 0 Å². The molecule has 0 unspecified atom stereocenters. The lowest BCUT2D eigenvalue weighted by Crippen LogP contribution is -2.27. The molecule has 0 bridgehead atoms. The van der Waals surface area contributed by atoms with Crippen LogP contribution in [0.15, 0.2) is 45.9 Å². The van der Waals surface area contributed by atoms with Crippen molar-refractivity contribution >= 4 is 22.3 Å². The molecule has 7 nitrogen and oxygen atoms in total. The number of nitrogens with zero attached hydrogens (tertiary/aromatic N) is 4. The van der Waals surface area contributed by atoms with Crippen molar-refractivity contribution in [2.75, 3.05) is 31.1 Å². The zero-order chi connectivity index (χ0) is 22.5.